The average molecular weight is 298 g/mol. The molecule has 0 radical (unpaired) electrons. The Balaban J connectivity index is 2.99. The Bertz CT molecular complexity index is 529. The summed E-state index contributed by atoms with van der Waals surface area (Å²) in [5, 5.41) is 2.79. The molecule has 0 spiro atoms. The van der Waals surface area contributed by atoms with Crippen LogP contribution in [0.3, 0.4) is 0 Å². The van der Waals surface area contributed by atoms with Gasteiger partial charge in [0.15, 0.2) is 0 Å². The van der Waals surface area contributed by atoms with E-state index in [0.29, 0.717) is 12.1 Å². The number of carbonyl (C=O) groups excluding carboxylic acids is 1. The van der Waals surface area contributed by atoms with E-state index in [9.17, 15) is 13.2 Å². The van der Waals surface area contributed by atoms with Gasteiger partial charge in [-0.3, -0.25) is 4.79 Å². The van der Waals surface area contributed by atoms with Crippen LogP contribution in [-0.4, -0.2) is 38.5 Å². The highest BCUT2D eigenvalue weighted by Crippen LogP contribution is 2.21. The predicted molar refractivity (Wildman–Crippen MR) is 79.7 cm³/mol. The number of nitrogens with one attached hydrogen (secondary N) is 1. The molecule has 0 unspecified atom stereocenters. The molecular weight excluding hydrogens is 276 g/mol. The van der Waals surface area contributed by atoms with E-state index in [2.05, 4.69) is 5.32 Å². The van der Waals surface area contributed by atoms with E-state index in [0.717, 1.165) is 23.4 Å². The summed E-state index contributed by atoms with van der Waals surface area (Å²) in [7, 11) is -2.03. The van der Waals surface area contributed by atoms with Crippen LogP contribution >= 0.6 is 0 Å². The van der Waals surface area contributed by atoms with Crippen molar-refractivity contribution in [3.8, 4) is 0 Å². The highest BCUT2D eigenvalue weighted by atomic mass is 32.2. The van der Waals surface area contributed by atoms with Crippen molar-refractivity contribution in [1.82, 2.24) is 9.62 Å². The van der Waals surface area contributed by atoms with Crippen LogP contribution in [0.4, 0.5) is 0 Å². The standard InChI is InChI=1S/C14H22N2O3S/c1-4-5-11-15-14(17)13(16(2)20(3,18)19)12-9-7-6-8-10-12/h6-10,13H,4-5,11H2,1-3H3,(H,15,17)/t13-/m0/s1. The molecule has 1 N–H and O–H groups in total. The molecule has 1 rings (SSSR count). The molecule has 1 aromatic carbocycles. The van der Waals surface area contributed by atoms with Crippen molar-refractivity contribution in [2.45, 2.75) is 25.8 Å². The van der Waals surface area contributed by atoms with E-state index in [1.165, 1.54) is 7.05 Å². The van der Waals surface area contributed by atoms with Gasteiger partial charge in [-0.05, 0) is 12.0 Å². The lowest BCUT2D eigenvalue weighted by Gasteiger charge is -2.25. The van der Waals surface area contributed by atoms with Crippen LogP contribution in [-0.2, 0) is 14.8 Å². The molecule has 20 heavy (non-hydrogen) atoms. The van der Waals surface area contributed by atoms with Gasteiger partial charge in [-0.1, -0.05) is 43.7 Å². The van der Waals surface area contributed by atoms with E-state index >= 15 is 0 Å². The average Bonchev–Trinajstić information content (AvgIpc) is 2.39. The zero-order chi connectivity index (χ0) is 15.2. The second kappa shape index (κ2) is 7.40. The molecule has 0 saturated heterocycles. The predicted octanol–water partition coefficient (Wildman–Crippen LogP) is 1.54. The quantitative estimate of drug-likeness (QED) is 0.776. The largest absolute Gasteiger partial charge is 0.354 e. The number of amides is 1. The van der Waals surface area contributed by atoms with Gasteiger partial charge < -0.3 is 5.32 Å². The summed E-state index contributed by atoms with van der Waals surface area (Å²) in [4.78, 5) is 12.3. The van der Waals surface area contributed by atoms with Gasteiger partial charge in [-0.15, -0.1) is 0 Å². The molecule has 1 aromatic rings. The van der Waals surface area contributed by atoms with Crippen LogP contribution in [0.5, 0.6) is 0 Å². The van der Waals surface area contributed by atoms with Crippen LogP contribution in [0.15, 0.2) is 30.3 Å². The van der Waals surface area contributed by atoms with Crippen molar-refractivity contribution in [2.24, 2.45) is 0 Å². The molecule has 0 aliphatic heterocycles. The lowest BCUT2D eigenvalue weighted by Crippen LogP contribution is -2.41. The molecule has 1 amide bonds. The molecule has 6 heteroatoms. The van der Waals surface area contributed by atoms with Gasteiger partial charge in [0.1, 0.15) is 6.04 Å². The fourth-order valence-electron chi connectivity index (χ4n) is 1.84. The molecule has 5 nitrogen and oxygen atoms in total. The van der Waals surface area contributed by atoms with Crippen LogP contribution < -0.4 is 5.32 Å². The molecule has 112 valence electrons. The maximum Gasteiger partial charge on any atom is 0.242 e. The molecule has 0 saturated carbocycles. The first-order valence-corrected chi connectivity index (χ1v) is 8.48. The van der Waals surface area contributed by atoms with Crippen molar-refractivity contribution in [2.75, 3.05) is 19.8 Å². The van der Waals surface area contributed by atoms with Crippen molar-refractivity contribution in [1.29, 1.82) is 0 Å². The Morgan fingerprint density at radius 1 is 1.30 bits per heavy atom. The van der Waals surface area contributed by atoms with E-state index in [4.69, 9.17) is 0 Å². The van der Waals surface area contributed by atoms with Crippen LogP contribution in [0, 0.1) is 0 Å². The van der Waals surface area contributed by atoms with Gasteiger partial charge in [-0.2, -0.15) is 4.31 Å². The van der Waals surface area contributed by atoms with Crippen molar-refractivity contribution >= 4 is 15.9 Å². The summed E-state index contributed by atoms with van der Waals surface area (Å²) in [5.74, 6) is -0.294. The molecule has 0 aliphatic carbocycles. The Kier molecular flexibility index (Phi) is 6.16. The third-order valence-electron chi connectivity index (χ3n) is 3.08. The number of hydrogen-bond donors (Lipinski definition) is 1. The van der Waals surface area contributed by atoms with E-state index in [1.807, 2.05) is 13.0 Å². The third-order valence-corrected chi connectivity index (χ3v) is 4.34. The molecule has 0 bridgehead atoms. The minimum atomic E-state index is -3.45. The highest BCUT2D eigenvalue weighted by molar-refractivity contribution is 7.88. The number of carbonyl (C=O) groups is 1. The van der Waals surface area contributed by atoms with Gasteiger partial charge in [0.25, 0.3) is 0 Å². The van der Waals surface area contributed by atoms with Gasteiger partial charge in [0.05, 0.1) is 6.26 Å². The maximum atomic E-state index is 12.3. The fourth-order valence-corrected chi connectivity index (χ4v) is 2.44. The number of nitrogens with zero attached hydrogens (tertiary/aromatic N) is 1. The zero-order valence-corrected chi connectivity index (χ0v) is 13.0. The number of rotatable bonds is 7. The lowest BCUT2D eigenvalue weighted by atomic mass is 10.1. The number of sulfonamides is 1. The molecular formula is C14H22N2O3S. The first-order valence-electron chi connectivity index (χ1n) is 6.63. The first kappa shape index (κ1) is 16.7. The number of unbranched alkanes of at least 4 members (excludes halogenated alkanes) is 1. The van der Waals surface area contributed by atoms with Gasteiger partial charge in [0.2, 0.25) is 15.9 Å². The van der Waals surface area contributed by atoms with Crippen molar-refractivity contribution in [3.63, 3.8) is 0 Å². The third kappa shape index (κ3) is 4.61. The SMILES string of the molecule is CCCCNC(=O)[C@H](c1ccccc1)N(C)S(C)(=O)=O. The number of hydrogen-bond acceptors (Lipinski definition) is 3. The Morgan fingerprint density at radius 2 is 1.90 bits per heavy atom. The van der Waals surface area contributed by atoms with Gasteiger partial charge >= 0.3 is 0 Å². The van der Waals surface area contributed by atoms with Crippen LogP contribution in [0.2, 0.25) is 0 Å². The minimum absolute atomic E-state index is 0.294. The smallest absolute Gasteiger partial charge is 0.242 e. The summed E-state index contributed by atoms with van der Waals surface area (Å²) in [6, 6.07) is 8.09. The molecule has 0 fully saturated rings. The number of likely N-dealkylation sites (N-methyl/N-ethyl adjacent to an activating group) is 1. The molecule has 0 heterocycles. The maximum absolute atomic E-state index is 12.3. The number of benzene rings is 1. The fraction of sp³-hybridized carbons (Fsp3) is 0.500. The Labute approximate surface area is 121 Å². The monoisotopic (exact) mass is 298 g/mol. The molecule has 1 atom stereocenters. The summed E-state index contributed by atoms with van der Waals surface area (Å²) in [5.41, 5.74) is 0.662. The summed E-state index contributed by atoms with van der Waals surface area (Å²) < 4.78 is 24.6. The first-order chi connectivity index (χ1) is 9.38. The second-order valence-electron chi connectivity index (χ2n) is 4.74. The van der Waals surface area contributed by atoms with Crippen LogP contribution in [0.25, 0.3) is 0 Å². The zero-order valence-electron chi connectivity index (χ0n) is 12.2. The van der Waals surface area contributed by atoms with Crippen molar-refractivity contribution < 1.29 is 13.2 Å². The summed E-state index contributed by atoms with van der Waals surface area (Å²) >= 11 is 0. The molecule has 0 aromatic heterocycles. The van der Waals surface area contributed by atoms with E-state index in [-0.39, 0.29) is 5.91 Å². The van der Waals surface area contributed by atoms with E-state index < -0.39 is 16.1 Å². The second-order valence-corrected chi connectivity index (χ2v) is 6.78. The topological polar surface area (TPSA) is 66.5 Å². The lowest BCUT2D eigenvalue weighted by molar-refractivity contribution is -0.124. The highest BCUT2D eigenvalue weighted by Gasteiger charge is 2.30. The summed E-state index contributed by atoms with van der Waals surface area (Å²) in [6.07, 6.45) is 2.94. The van der Waals surface area contributed by atoms with E-state index in [1.54, 1.807) is 24.3 Å². The Hall–Kier alpha value is -1.40. The van der Waals surface area contributed by atoms with Gasteiger partial charge in [0, 0.05) is 13.6 Å². The summed E-state index contributed by atoms with van der Waals surface area (Å²) in [6.45, 7) is 2.58. The Morgan fingerprint density at radius 3 is 2.40 bits per heavy atom. The van der Waals surface area contributed by atoms with Crippen molar-refractivity contribution in [3.05, 3.63) is 35.9 Å². The minimum Gasteiger partial charge on any atom is -0.354 e. The van der Waals surface area contributed by atoms with Gasteiger partial charge in [-0.25, -0.2) is 8.42 Å². The normalized spacial score (nSPS) is 13.2. The van der Waals surface area contributed by atoms with Crippen LogP contribution in [0.1, 0.15) is 31.4 Å². The molecule has 0 aliphatic rings.